The first-order valence-corrected chi connectivity index (χ1v) is 8.22. The first-order chi connectivity index (χ1) is 10.8. The summed E-state index contributed by atoms with van der Waals surface area (Å²) in [6.45, 7) is 0.548. The Kier molecular flexibility index (Phi) is 6.63. The molecule has 1 aliphatic heterocycles. The summed E-state index contributed by atoms with van der Waals surface area (Å²) in [4.78, 5) is 4.60. The Morgan fingerprint density at radius 3 is 2.58 bits per heavy atom. The summed E-state index contributed by atoms with van der Waals surface area (Å²) in [5, 5.41) is 7.83. The fourth-order valence-corrected chi connectivity index (χ4v) is 3.79. The third-order valence-electron chi connectivity index (χ3n) is 5.05. The fourth-order valence-electron chi connectivity index (χ4n) is 3.79. The molecule has 2 aliphatic rings. The fraction of sp³-hybridized carbons (Fsp3) is 0.529. The Morgan fingerprint density at radius 2 is 1.88 bits per heavy atom. The van der Waals surface area contributed by atoms with E-state index in [1.165, 1.54) is 25.7 Å². The molecule has 2 heterocycles. The predicted octanol–water partition coefficient (Wildman–Crippen LogP) is 3.63. The lowest BCUT2D eigenvalue weighted by Gasteiger charge is -2.24. The van der Waals surface area contributed by atoms with E-state index in [1.54, 1.807) is 0 Å². The van der Waals surface area contributed by atoms with Crippen LogP contribution in [0.4, 0.5) is 0 Å². The maximum absolute atomic E-state index is 5.62. The van der Waals surface area contributed by atoms with Crippen LogP contribution in [-0.2, 0) is 6.54 Å². The number of nitrogens with two attached hydrogens (primary N) is 1. The Bertz CT molecular complexity index is 632. The van der Waals surface area contributed by atoms with Gasteiger partial charge in [-0.2, -0.15) is 4.98 Å². The van der Waals surface area contributed by atoms with E-state index in [-0.39, 0.29) is 30.9 Å². The van der Waals surface area contributed by atoms with Gasteiger partial charge in [0.15, 0.2) is 0 Å². The molecule has 0 amide bonds. The van der Waals surface area contributed by atoms with Crippen molar-refractivity contribution >= 4 is 24.8 Å². The molecule has 3 atom stereocenters. The van der Waals surface area contributed by atoms with Crippen LogP contribution in [0, 0.1) is 5.92 Å². The van der Waals surface area contributed by atoms with Crippen molar-refractivity contribution in [2.24, 2.45) is 11.7 Å². The monoisotopic (exact) mass is 370 g/mol. The van der Waals surface area contributed by atoms with Gasteiger partial charge in [0.1, 0.15) is 0 Å². The number of halogens is 2. The summed E-state index contributed by atoms with van der Waals surface area (Å²) >= 11 is 0. The third kappa shape index (κ3) is 3.75. The van der Waals surface area contributed by atoms with Gasteiger partial charge in [-0.3, -0.25) is 0 Å². The van der Waals surface area contributed by atoms with E-state index in [9.17, 15) is 0 Å². The van der Waals surface area contributed by atoms with Crippen LogP contribution in [0.25, 0.3) is 11.4 Å². The van der Waals surface area contributed by atoms with E-state index in [2.05, 4.69) is 15.5 Å². The topological polar surface area (TPSA) is 77.0 Å². The summed E-state index contributed by atoms with van der Waals surface area (Å²) in [5.74, 6) is 2.17. The number of nitrogens with one attached hydrogen (secondary N) is 1. The molecule has 4 rings (SSSR count). The van der Waals surface area contributed by atoms with Gasteiger partial charge in [-0.25, -0.2) is 0 Å². The molecule has 24 heavy (non-hydrogen) atoms. The van der Waals surface area contributed by atoms with Crippen LogP contribution in [0.15, 0.2) is 28.8 Å². The molecule has 2 fully saturated rings. The van der Waals surface area contributed by atoms with Crippen LogP contribution in [0.5, 0.6) is 0 Å². The van der Waals surface area contributed by atoms with Crippen molar-refractivity contribution in [2.45, 2.75) is 50.7 Å². The zero-order valence-electron chi connectivity index (χ0n) is 13.5. The highest BCUT2D eigenvalue weighted by Crippen LogP contribution is 2.38. The minimum Gasteiger partial charge on any atom is -0.337 e. The van der Waals surface area contributed by atoms with E-state index in [1.807, 2.05) is 24.3 Å². The third-order valence-corrected chi connectivity index (χ3v) is 5.05. The molecular weight excluding hydrogens is 347 g/mol. The highest BCUT2D eigenvalue weighted by atomic mass is 35.5. The predicted molar refractivity (Wildman–Crippen MR) is 98.4 cm³/mol. The Hall–Kier alpha value is -1.14. The summed E-state index contributed by atoms with van der Waals surface area (Å²) in [6.07, 6.45) is 6.43. The summed E-state index contributed by atoms with van der Waals surface area (Å²) in [5.41, 5.74) is 7.70. The normalized spacial score (nSPS) is 25.5. The maximum atomic E-state index is 5.62. The van der Waals surface area contributed by atoms with Gasteiger partial charge in [0.2, 0.25) is 11.7 Å². The van der Waals surface area contributed by atoms with Crippen LogP contribution in [0.1, 0.15) is 49.6 Å². The molecule has 0 spiro atoms. The van der Waals surface area contributed by atoms with Gasteiger partial charge in [0, 0.05) is 18.2 Å². The Labute approximate surface area is 154 Å². The summed E-state index contributed by atoms with van der Waals surface area (Å²) < 4.78 is 5.52. The molecule has 0 radical (unpaired) electrons. The number of rotatable bonds is 3. The average molecular weight is 371 g/mol. The SMILES string of the molecule is Cl.Cl.NCc1ccc(-c2noc(C3CC4CCCCC4N3)n2)cc1. The molecule has 132 valence electrons. The standard InChI is InChI=1S/C17H22N4O.2ClH/c18-10-11-5-7-12(8-6-11)16-20-17(22-21-16)15-9-13-3-1-2-4-14(13)19-15;;/h5-8,13-15,19H,1-4,9-10,18H2;2*1H. The van der Waals surface area contributed by atoms with Crippen molar-refractivity contribution < 1.29 is 4.52 Å². The lowest BCUT2D eigenvalue weighted by molar-refractivity contribution is 0.324. The van der Waals surface area contributed by atoms with Crippen molar-refractivity contribution in [3.8, 4) is 11.4 Å². The van der Waals surface area contributed by atoms with E-state index < -0.39 is 0 Å². The minimum atomic E-state index is 0. The lowest BCUT2D eigenvalue weighted by atomic mass is 9.85. The molecule has 1 aromatic carbocycles. The molecule has 1 aromatic heterocycles. The first kappa shape index (κ1) is 19.2. The zero-order chi connectivity index (χ0) is 14.9. The molecule has 7 heteroatoms. The van der Waals surface area contributed by atoms with E-state index in [0.29, 0.717) is 18.4 Å². The second-order valence-electron chi connectivity index (χ2n) is 6.46. The van der Waals surface area contributed by atoms with Crippen molar-refractivity contribution in [1.29, 1.82) is 0 Å². The van der Waals surface area contributed by atoms with Gasteiger partial charge in [-0.1, -0.05) is 42.3 Å². The number of nitrogens with zero attached hydrogens (tertiary/aromatic N) is 2. The van der Waals surface area contributed by atoms with Gasteiger partial charge in [-0.15, -0.1) is 24.8 Å². The molecular formula is C17H24Cl2N4O. The second-order valence-corrected chi connectivity index (χ2v) is 6.46. The molecule has 2 aromatic rings. The van der Waals surface area contributed by atoms with Crippen molar-refractivity contribution in [1.82, 2.24) is 15.5 Å². The highest BCUT2D eigenvalue weighted by molar-refractivity contribution is 5.85. The Balaban J connectivity index is 0.00000104. The first-order valence-electron chi connectivity index (χ1n) is 8.22. The lowest BCUT2D eigenvalue weighted by Crippen LogP contribution is -2.30. The number of hydrogen-bond acceptors (Lipinski definition) is 5. The highest BCUT2D eigenvalue weighted by Gasteiger charge is 2.38. The second kappa shape index (κ2) is 8.30. The number of fused-ring (bicyclic) bond motifs is 1. The largest absolute Gasteiger partial charge is 0.337 e. The van der Waals surface area contributed by atoms with Gasteiger partial charge in [0.25, 0.3) is 0 Å². The van der Waals surface area contributed by atoms with Crippen LogP contribution in [0.3, 0.4) is 0 Å². The maximum Gasteiger partial charge on any atom is 0.244 e. The molecule has 3 N–H and O–H groups in total. The zero-order valence-corrected chi connectivity index (χ0v) is 15.1. The average Bonchev–Trinajstić information content (AvgIpc) is 3.21. The smallest absolute Gasteiger partial charge is 0.244 e. The van der Waals surface area contributed by atoms with Crippen LogP contribution in [-0.4, -0.2) is 16.2 Å². The van der Waals surface area contributed by atoms with Crippen molar-refractivity contribution in [2.75, 3.05) is 0 Å². The van der Waals surface area contributed by atoms with E-state index in [4.69, 9.17) is 10.3 Å². The number of hydrogen-bond donors (Lipinski definition) is 2. The van der Waals surface area contributed by atoms with E-state index in [0.717, 1.165) is 29.4 Å². The Morgan fingerprint density at radius 1 is 1.12 bits per heavy atom. The van der Waals surface area contributed by atoms with Gasteiger partial charge >= 0.3 is 0 Å². The van der Waals surface area contributed by atoms with Crippen LogP contribution >= 0.6 is 24.8 Å². The number of aromatic nitrogens is 2. The van der Waals surface area contributed by atoms with E-state index >= 15 is 0 Å². The minimum absolute atomic E-state index is 0. The van der Waals surface area contributed by atoms with Crippen molar-refractivity contribution in [3.05, 3.63) is 35.7 Å². The molecule has 1 saturated heterocycles. The van der Waals surface area contributed by atoms with Gasteiger partial charge in [0.05, 0.1) is 6.04 Å². The van der Waals surface area contributed by atoms with Crippen LogP contribution < -0.4 is 11.1 Å². The summed E-state index contributed by atoms with van der Waals surface area (Å²) in [7, 11) is 0. The molecule has 0 bridgehead atoms. The van der Waals surface area contributed by atoms with Crippen molar-refractivity contribution in [3.63, 3.8) is 0 Å². The van der Waals surface area contributed by atoms with Gasteiger partial charge in [-0.05, 0) is 30.7 Å². The summed E-state index contributed by atoms with van der Waals surface area (Å²) in [6, 6.07) is 8.87. The number of benzene rings is 1. The van der Waals surface area contributed by atoms with Crippen LogP contribution in [0.2, 0.25) is 0 Å². The molecule has 1 aliphatic carbocycles. The molecule has 3 unspecified atom stereocenters. The molecule has 1 saturated carbocycles. The molecule has 5 nitrogen and oxygen atoms in total. The quantitative estimate of drug-likeness (QED) is 0.862. The van der Waals surface area contributed by atoms with Gasteiger partial charge < -0.3 is 15.6 Å².